The van der Waals surface area contributed by atoms with Crippen LogP contribution < -0.4 is 11.2 Å². The summed E-state index contributed by atoms with van der Waals surface area (Å²) in [6.07, 6.45) is 1.92. The normalized spacial score (nSPS) is 10.8. The lowest BCUT2D eigenvalue weighted by molar-refractivity contribution is 0.827. The van der Waals surface area contributed by atoms with Crippen molar-refractivity contribution < 1.29 is 0 Å². The van der Waals surface area contributed by atoms with Crippen LogP contribution in [0.15, 0.2) is 59.5 Å². The molecule has 0 aliphatic heterocycles. The number of rotatable bonds is 2. The molecule has 3 rings (SSSR count). The fourth-order valence-corrected chi connectivity index (χ4v) is 2.58. The lowest BCUT2D eigenvalue weighted by atomic mass is 9.90. The van der Waals surface area contributed by atoms with Gasteiger partial charge in [0.2, 0.25) is 0 Å². The highest BCUT2D eigenvalue weighted by Crippen LogP contribution is 2.19. The van der Waals surface area contributed by atoms with E-state index in [1.807, 2.05) is 62.6 Å². The van der Waals surface area contributed by atoms with E-state index in [0.29, 0.717) is 0 Å². The number of nitrogens with zero attached hydrogens (tertiary/aromatic N) is 2. The van der Waals surface area contributed by atoms with E-state index in [1.165, 1.54) is 5.46 Å². The fraction of sp³-hybridized carbons (Fsp3) is 0.118. The quantitative estimate of drug-likeness (QED) is 0.650. The molecule has 0 fully saturated rings. The van der Waals surface area contributed by atoms with Gasteiger partial charge in [-0.15, -0.1) is 0 Å². The van der Waals surface area contributed by atoms with E-state index < -0.39 is 0 Å². The Labute approximate surface area is 124 Å². The molecule has 104 valence electrons. The van der Waals surface area contributed by atoms with Gasteiger partial charge >= 0.3 is 5.69 Å². The summed E-state index contributed by atoms with van der Waals surface area (Å²) >= 11 is 0. The number of imidazole rings is 1. The van der Waals surface area contributed by atoms with Gasteiger partial charge in [0.25, 0.3) is 0 Å². The number of benzene rings is 2. The summed E-state index contributed by atoms with van der Waals surface area (Å²) in [5.74, 6) is 0. The minimum absolute atomic E-state index is 0.0254. The van der Waals surface area contributed by atoms with E-state index in [4.69, 9.17) is 0 Å². The summed E-state index contributed by atoms with van der Waals surface area (Å²) in [4.78, 5) is 12.6. The molecule has 0 saturated carbocycles. The van der Waals surface area contributed by atoms with Gasteiger partial charge in [-0.05, 0) is 24.1 Å². The van der Waals surface area contributed by atoms with Crippen LogP contribution in [0.2, 0.25) is 0 Å². The van der Waals surface area contributed by atoms with E-state index >= 15 is 0 Å². The average Bonchev–Trinajstić information content (AvgIpc) is 2.79. The van der Waals surface area contributed by atoms with Crippen molar-refractivity contribution in [2.45, 2.75) is 6.92 Å². The molecule has 0 radical (unpaired) electrons. The lowest BCUT2D eigenvalue weighted by Crippen LogP contribution is -2.23. The SMILES string of the molecule is Bc1cccc(-n2cc(-c3ccccc3)n(C)c2=O)c1C. The van der Waals surface area contributed by atoms with Crippen molar-refractivity contribution in [2.24, 2.45) is 7.05 Å². The van der Waals surface area contributed by atoms with Gasteiger partial charge in [-0.2, -0.15) is 0 Å². The van der Waals surface area contributed by atoms with Crippen LogP contribution in [0.25, 0.3) is 16.9 Å². The van der Waals surface area contributed by atoms with Crippen molar-refractivity contribution in [1.82, 2.24) is 9.13 Å². The van der Waals surface area contributed by atoms with E-state index in [0.717, 1.165) is 22.5 Å². The van der Waals surface area contributed by atoms with Gasteiger partial charge in [0.1, 0.15) is 7.85 Å². The first-order valence-electron chi connectivity index (χ1n) is 7.00. The molecule has 21 heavy (non-hydrogen) atoms. The number of hydrogen-bond acceptors (Lipinski definition) is 1. The highest BCUT2D eigenvalue weighted by molar-refractivity contribution is 6.33. The van der Waals surface area contributed by atoms with Gasteiger partial charge in [-0.25, -0.2) is 4.79 Å². The third-order valence-electron chi connectivity index (χ3n) is 4.01. The summed E-state index contributed by atoms with van der Waals surface area (Å²) in [6, 6.07) is 16.0. The molecule has 0 N–H and O–H groups in total. The summed E-state index contributed by atoms with van der Waals surface area (Å²) in [6.45, 7) is 2.05. The first kappa shape index (κ1) is 13.5. The molecule has 0 unspecified atom stereocenters. The van der Waals surface area contributed by atoms with Crippen LogP contribution in [0, 0.1) is 6.92 Å². The smallest absolute Gasteiger partial charge is 0.295 e. The molecule has 4 heteroatoms. The van der Waals surface area contributed by atoms with Crippen molar-refractivity contribution in [3.05, 3.63) is 70.8 Å². The third-order valence-corrected chi connectivity index (χ3v) is 4.01. The molecular formula is C17H17BN2O. The topological polar surface area (TPSA) is 26.9 Å². The number of aromatic nitrogens is 2. The Bertz CT molecular complexity index is 847. The summed E-state index contributed by atoms with van der Waals surface area (Å²) in [5, 5.41) is 0. The lowest BCUT2D eigenvalue weighted by Gasteiger charge is -2.08. The number of hydrogen-bond donors (Lipinski definition) is 0. The van der Waals surface area contributed by atoms with Gasteiger partial charge in [-0.3, -0.25) is 9.13 Å². The second-order valence-corrected chi connectivity index (χ2v) is 5.31. The third kappa shape index (κ3) is 2.23. The van der Waals surface area contributed by atoms with Crippen LogP contribution in [0.1, 0.15) is 5.56 Å². The van der Waals surface area contributed by atoms with Crippen LogP contribution in [0.3, 0.4) is 0 Å². The minimum Gasteiger partial charge on any atom is -0.295 e. The van der Waals surface area contributed by atoms with Crippen LogP contribution >= 0.6 is 0 Å². The molecule has 1 heterocycles. The second kappa shape index (κ2) is 5.13. The van der Waals surface area contributed by atoms with Crippen LogP contribution in [0.4, 0.5) is 0 Å². The van der Waals surface area contributed by atoms with E-state index in [2.05, 4.69) is 13.9 Å². The molecule has 0 atom stereocenters. The zero-order valence-corrected chi connectivity index (χ0v) is 12.5. The van der Waals surface area contributed by atoms with Crippen molar-refractivity contribution in [3.8, 4) is 16.9 Å². The van der Waals surface area contributed by atoms with Gasteiger partial charge < -0.3 is 0 Å². The minimum atomic E-state index is -0.0254. The Morgan fingerprint density at radius 3 is 2.43 bits per heavy atom. The predicted molar refractivity (Wildman–Crippen MR) is 89.4 cm³/mol. The molecule has 0 aliphatic carbocycles. The summed E-state index contributed by atoms with van der Waals surface area (Å²) < 4.78 is 3.42. The van der Waals surface area contributed by atoms with Gasteiger partial charge in [0.05, 0.1) is 11.4 Å². The zero-order chi connectivity index (χ0) is 15.0. The largest absolute Gasteiger partial charge is 0.332 e. The highest BCUT2D eigenvalue weighted by Gasteiger charge is 2.12. The maximum atomic E-state index is 12.6. The first-order valence-corrected chi connectivity index (χ1v) is 7.00. The Morgan fingerprint density at radius 2 is 1.71 bits per heavy atom. The van der Waals surface area contributed by atoms with Gasteiger partial charge in [0.15, 0.2) is 0 Å². The van der Waals surface area contributed by atoms with Crippen LogP contribution in [-0.2, 0) is 7.05 Å². The van der Waals surface area contributed by atoms with Crippen LogP contribution in [0.5, 0.6) is 0 Å². The molecule has 3 aromatic rings. The van der Waals surface area contributed by atoms with Gasteiger partial charge in [-0.1, -0.05) is 47.9 Å². The van der Waals surface area contributed by atoms with Crippen molar-refractivity contribution in [2.75, 3.05) is 0 Å². The summed E-state index contributed by atoms with van der Waals surface area (Å²) in [5.41, 5.74) is 5.19. The van der Waals surface area contributed by atoms with Crippen molar-refractivity contribution >= 4 is 13.3 Å². The Morgan fingerprint density at radius 1 is 1.00 bits per heavy atom. The maximum Gasteiger partial charge on any atom is 0.332 e. The van der Waals surface area contributed by atoms with Crippen molar-refractivity contribution in [1.29, 1.82) is 0 Å². The van der Waals surface area contributed by atoms with E-state index in [9.17, 15) is 4.79 Å². The Kier molecular flexibility index (Phi) is 3.30. The molecule has 2 aromatic carbocycles. The van der Waals surface area contributed by atoms with E-state index in [1.54, 1.807) is 9.13 Å². The average molecular weight is 276 g/mol. The first-order chi connectivity index (χ1) is 10.1. The van der Waals surface area contributed by atoms with Gasteiger partial charge in [0, 0.05) is 13.2 Å². The Balaban J connectivity index is 2.23. The summed E-state index contributed by atoms with van der Waals surface area (Å²) in [7, 11) is 3.87. The molecule has 1 aromatic heterocycles. The molecule has 0 amide bonds. The predicted octanol–water partition coefficient (Wildman–Crippen LogP) is 1.41. The molecule has 3 nitrogen and oxygen atoms in total. The molecule has 0 spiro atoms. The Hall–Kier alpha value is -2.49. The molecule has 0 bridgehead atoms. The second-order valence-electron chi connectivity index (χ2n) is 5.31. The molecule has 0 aliphatic rings. The maximum absolute atomic E-state index is 12.6. The fourth-order valence-electron chi connectivity index (χ4n) is 2.58. The van der Waals surface area contributed by atoms with E-state index in [-0.39, 0.29) is 5.69 Å². The molecular weight excluding hydrogens is 259 g/mol. The standard InChI is InChI=1S/C17H17BN2O/c1-12-14(18)9-6-10-15(12)20-11-16(19(2)17(20)21)13-7-4-3-5-8-13/h3-11H,18H2,1-2H3. The zero-order valence-electron chi connectivity index (χ0n) is 12.5. The molecule has 0 saturated heterocycles. The highest BCUT2D eigenvalue weighted by atomic mass is 16.1. The van der Waals surface area contributed by atoms with Crippen LogP contribution in [-0.4, -0.2) is 17.0 Å². The monoisotopic (exact) mass is 276 g/mol. The van der Waals surface area contributed by atoms with Crippen molar-refractivity contribution in [3.63, 3.8) is 0 Å².